The van der Waals surface area contributed by atoms with Crippen molar-refractivity contribution < 1.29 is 4.79 Å². The van der Waals surface area contributed by atoms with Crippen LogP contribution in [0.15, 0.2) is 48.5 Å². The van der Waals surface area contributed by atoms with Crippen molar-refractivity contribution >= 4 is 34.8 Å². The molecule has 2 rings (SSSR count). The van der Waals surface area contributed by atoms with Crippen LogP contribution in [0.25, 0.3) is 0 Å². The summed E-state index contributed by atoms with van der Waals surface area (Å²) in [7, 11) is 0. The van der Waals surface area contributed by atoms with Crippen LogP contribution in [0.2, 0.25) is 10.0 Å². The van der Waals surface area contributed by atoms with Crippen molar-refractivity contribution in [2.24, 2.45) is 0 Å². The minimum atomic E-state index is -0.146. The Bertz CT molecular complexity index is 602. The number of hydrogen-bond donors (Lipinski definition) is 2. The summed E-state index contributed by atoms with van der Waals surface area (Å²) < 4.78 is 0. The van der Waals surface area contributed by atoms with Gasteiger partial charge in [0.25, 0.3) is 0 Å². The van der Waals surface area contributed by atoms with Gasteiger partial charge in [0, 0.05) is 0 Å². The summed E-state index contributed by atoms with van der Waals surface area (Å²) >= 11 is 11.9. The zero-order valence-electron chi connectivity index (χ0n) is 11.4. The number of amides is 1. The van der Waals surface area contributed by atoms with Gasteiger partial charge in [0.15, 0.2) is 0 Å². The number of hydrogen-bond acceptors (Lipinski definition) is 2. The molecule has 0 aromatic heterocycles. The Labute approximate surface area is 134 Å². The fourth-order valence-electron chi connectivity index (χ4n) is 1.87. The van der Waals surface area contributed by atoms with Gasteiger partial charge in [-0.25, -0.2) is 0 Å². The maximum absolute atomic E-state index is 11.8. The fourth-order valence-corrected chi connectivity index (χ4v) is 2.22. The minimum absolute atomic E-state index is 0.146. The Hall–Kier alpha value is -1.55. The summed E-state index contributed by atoms with van der Waals surface area (Å²) in [6.07, 6.45) is 0.881. The molecule has 21 heavy (non-hydrogen) atoms. The number of carbonyl (C=O) groups excluding carboxylic acids is 1. The number of halogens is 2. The molecule has 0 fully saturated rings. The molecule has 0 spiro atoms. The van der Waals surface area contributed by atoms with Crippen molar-refractivity contribution in [3.8, 4) is 0 Å². The highest BCUT2D eigenvalue weighted by Crippen LogP contribution is 2.29. The number of anilines is 1. The topological polar surface area (TPSA) is 41.1 Å². The molecule has 0 radical (unpaired) electrons. The summed E-state index contributed by atoms with van der Waals surface area (Å²) in [6, 6.07) is 15.3. The van der Waals surface area contributed by atoms with E-state index in [4.69, 9.17) is 23.2 Å². The highest BCUT2D eigenvalue weighted by molar-refractivity contribution is 6.43. The van der Waals surface area contributed by atoms with Crippen LogP contribution in [-0.4, -0.2) is 19.0 Å². The molecule has 2 N–H and O–H groups in total. The van der Waals surface area contributed by atoms with Crippen LogP contribution in [-0.2, 0) is 11.2 Å². The van der Waals surface area contributed by atoms with Crippen LogP contribution < -0.4 is 10.6 Å². The van der Waals surface area contributed by atoms with E-state index in [0.717, 1.165) is 13.0 Å². The molecule has 0 aliphatic carbocycles. The van der Waals surface area contributed by atoms with Gasteiger partial charge in [0.05, 0.1) is 22.3 Å². The molecule has 0 saturated carbocycles. The Morgan fingerprint density at radius 1 is 1.00 bits per heavy atom. The van der Waals surface area contributed by atoms with E-state index < -0.39 is 0 Å². The molecule has 0 bridgehead atoms. The molecule has 0 heterocycles. The zero-order chi connectivity index (χ0) is 15.1. The zero-order valence-corrected chi connectivity index (χ0v) is 12.9. The molecule has 0 unspecified atom stereocenters. The lowest BCUT2D eigenvalue weighted by molar-refractivity contribution is -0.115. The summed E-state index contributed by atoms with van der Waals surface area (Å²) in [4.78, 5) is 11.8. The number of nitrogens with one attached hydrogen (secondary N) is 2. The quantitative estimate of drug-likeness (QED) is 0.795. The largest absolute Gasteiger partial charge is 0.324 e. The predicted molar refractivity (Wildman–Crippen MR) is 88.1 cm³/mol. The number of carbonyl (C=O) groups is 1. The maximum atomic E-state index is 11.8. The molecule has 0 aliphatic heterocycles. The molecule has 2 aromatic rings. The second-order valence-corrected chi connectivity index (χ2v) is 5.35. The van der Waals surface area contributed by atoms with Crippen molar-refractivity contribution in [3.05, 3.63) is 64.1 Å². The Morgan fingerprint density at radius 2 is 1.76 bits per heavy atom. The van der Waals surface area contributed by atoms with Crippen LogP contribution in [0.3, 0.4) is 0 Å². The van der Waals surface area contributed by atoms with Gasteiger partial charge in [-0.1, -0.05) is 59.6 Å². The van der Waals surface area contributed by atoms with E-state index in [0.29, 0.717) is 15.7 Å². The first-order chi connectivity index (χ1) is 10.2. The molecule has 0 saturated heterocycles. The maximum Gasteiger partial charge on any atom is 0.238 e. The molecule has 110 valence electrons. The third kappa shape index (κ3) is 5.05. The Balaban J connectivity index is 1.74. The lowest BCUT2D eigenvalue weighted by atomic mass is 10.1. The van der Waals surface area contributed by atoms with Crippen LogP contribution in [0, 0.1) is 0 Å². The molecule has 1 amide bonds. The van der Waals surface area contributed by atoms with Gasteiger partial charge in [0.1, 0.15) is 0 Å². The summed E-state index contributed by atoms with van der Waals surface area (Å²) in [6.45, 7) is 0.969. The molecule has 3 nitrogen and oxygen atoms in total. The van der Waals surface area contributed by atoms with Gasteiger partial charge in [-0.2, -0.15) is 0 Å². The fraction of sp³-hybridized carbons (Fsp3) is 0.188. The van der Waals surface area contributed by atoms with Crippen LogP contribution >= 0.6 is 23.2 Å². The van der Waals surface area contributed by atoms with Gasteiger partial charge in [-0.3, -0.25) is 4.79 Å². The number of benzene rings is 2. The van der Waals surface area contributed by atoms with Crippen LogP contribution in [0.4, 0.5) is 5.69 Å². The standard InChI is InChI=1S/C16H16Cl2N2O/c17-13-7-4-8-14(16(13)18)20-15(21)11-19-10-9-12-5-2-1-3-6-12/h1-8,19H,9-11H2,(H,20,21). The lowest BCUT2D eigenvalue weighted by Crippen LogP contribution is -2.29. The van der Waals surface area contributed by atoms with Crippen molar-refractivity contribution in [1.29, 1.82) is 0 Å². The van der Waals surface area contributed by atoms with E-state index in [1.165, 1.54) is 5.56 Å². The van der Waals surface area contributed by atoms with E-state index in [9.17, 15) is 4.79 Å². The molecular weight excluding hydrogens is 307 g/mol. The second-order valence-electron chi connectivity index (χ2n) is 4.56. The molecular formula is C16H16Cl2N2O. The Morgan fingerprint density at radius 3 is 2.52 bits per heavy atom. The van der Waals surface area contributed by atoms with Crippen LogP contribution in [0.5, 0.6) is 0 Å². The van der Waals surface area contributed by atoms with Gasteiger partial charge < -0.3 is 10.6 Å². The monoisotopic (exact) mass is 322 g/mol. The average molecular weight is 323 g/mol. The van der Waals surface area contributed by atoms with Gasteiger partial charge >= 0.3 is 0 Å². The smallest absolute Gasteiger partial charge is 0.238 e. The van der Waals surface area contributed by atoms with E-state index in [1.807, 2.05) is 18.2 Å². The summed E-state index contributed by atoms with van der Waals surface area (Å²) in [5.41, 5.74) is 1.77. The first-order valence-electron chi connectivity index (χ1n) is 6.65. The highest BCUT2D eigenvalue weighted by Gasteiger charge is 2.07. The van der Waals surface area contributed by atoms with E-state index in [-0.39, 0.29) is 12.5 Å². The van der Waals surface area contributed by atoms with Gasteiger partial charge in [-0.15, -0.1) is 0 Å². The summed E-state index contributed by atoms with van der Waals surface area (Å²) in [5, 5.41) is 6.61. The van der Waals surface area contributed by atoms with Crippen molar-refractivity contribution in [2.45, 2.75) is 6.42 Å². The van der Waals surface area contributed by atoms with Gasteiger partial charge in [-0.05, 0) is 30.7 Å². The predicted octanol–water partition coefficient (Wildman–Crippen LogP) is 3.76. The average Bonchev–Trinajstić information content (AvgIpc) is 2.49. The first-order valence-corrected chi connectivity index (χ1v) is 7.41. The van der Waals surface area contributed by atoms with E-state index >= 15 is 0 Å². The molecule has 0 atom stereocenters. The Kier molecular flexibility index (Phi) is 6.05. The lowest BCUT2D eigenvalue weighted by Gasteiger charge is -2.09. The highest BCUT2D eigenvalue weighted by atomic mass is 35.5. The van der Waals surface area contributed by atoms with Crippen molar-refractivity contribution in [3.63, 3.8) is 0 Å². The molecule has 2 aromatic carbocycles. The third-order valence-electron chi connectivity index (χ3n) is 2.94. The first kappa shape index (κ1) is 15.8. The van der Waals surface area contributed by atoms with Crippen LogP contribution in [0.1, 0.15) is 5.56 Å². The van der Waals surface area contributed by atoms with E-state index in [1.54, 1.807) is 18.2 Å². The third-order valence-corrected chi connectivity index (χ3v) is 3.76. The number of rotatable bonds is 6. The van der Waals surface area contributed by atoms with E-state index in [2.05, 4.69) is 22.8 Å². The normalized spacial score (nSPS) is 10.4. The SMILES string of the molecule is O=C(CNCCc1ccccc1)Nc1cccc(Cl)c1Cl. The molecule has 0 aliphatic rings. The second kappa shape index (κ2) is 8.03. The minimum Gasteiger partial charge on any atom is -0.324 e. The van der Waals surface area contributed by atoms with Crippen molar-refractivity contribution in [1.82, 2.24) is 5.32 Å². The van der Waals surface area contributed by atoms with Crippen molar-refractivity contribution in [2.75, 3.05) is 18.4 Å². The van der Waals surface area contributed by atoms with Gasteiger partial charge in [0.2, 0.25) is 5.91 Å². The summed E-state index contributed by atoms with van der Waals surface area (Å²) in [5.74, 6) is -0.146. The molecule has 5 heteroatoms.